The van der Waals surface area contributed by atoms with E-state index in [0.717, 1.165) is 26.3 Å². The van der Waals surface area contributed by atoms with E-state index in [-0.39, 0.29) is 12.4 Å². The van der Waals surface area contributed by atoms with Gasteiger partial charge in [0.25, 0.3) is 0 Å². The van der Waals surface area contributed by atoms with Crippen molar-refractivity contribution in [2.75, 3.05) is 19.8 Å². The van der Waals surface area contributed by atoms with E-state index >= 15 is 0 Å². The topological polar surface area (TPSA) is 46.2 Å². The fraction of sp³-hybridized carbons (Fsp3) is 0.769. The molecule has 3 rings (SSSR count). The van der Waals surface area contributed by atoms with Gasteiger partial charge in [-0.25, -0.2) is 4.98 Å². The van der Waals surface area contributed by atoms with Crippen LogP contribution in [0.5, 0.6) is 0 Å². The minimum atomic E-state index is 0. The third-order valence-electron chi connectivity index (χ3n) is 4.04. The molecule has 1 aliphatic carbocycles. The summed E-state index contributed by atoms with van der Waals surface area (Å²) in [6.07, 6.45) is 5.81. The van der Waals surface area contributed by atoms with Crippen LogP contribution in [0.15, 0.2) is 11.6 Å². The molecule has 0 aromatic carbocycles. The van der Waals surface area contributed by atoms with Crippen molar-refractivity contribution in [2.45, 2.75) is 37.9 Å². The second-order valence-corrected chi connectivity index (χ2v) is 6.12. The van der Waals surface area contributed by atoms with Crippen molar-refractivity contribution in [1.29, 1.82) is 0 Å². The quantitative estimate of drug-likeness (QED) is 0.890. The summed E-state index contributed by atoms with van der Waals surface area (Å²) in [6, 6.07) is 1.16. The average molecular weight is 304 g/mol. The van der Waals surface area contributed by atoms with E-state index in [2.05, 4.69) is 15.6 Å². The molecule has 0 spiro atoms. The second-order valence-electron chi connectivity index (χ2n) is 5.14. The zero-order valence-electron chi connectivity index (χ0n) is 11.0. The molecule has 2 N–H and O–H groups in total. The van der Waals surface area contributed by atoms with Gasteiger partial charge >= 0.3 is 0 Å². The molecule has 4 nitrogen and oxygen atoms in total. The van der Waals surface area contributed by atoms with Gasteiger partial charge in [-0.05, 0) is 18.8 Å². The lowest BCUT2D eigenvalue weighted by Gasteiger charge is -2.32. The summed E-state index contributed by atoms with van der Waals surface area (Å²) >= 11 is 1.73. The van der Waals surface area contributed by atoms with Gasteiger partial charge in [-0.3, -0.25) is 0 Å². The van der Waals surface area contributed by atoms with Crippen LogP contribution in [0.25, 0.3) is 0 Å². The number of rotatable bonds is 4. The highest BCUT2D eigenvalue weighted by Gasteiger charge is 2.34. The molecule has 108 valence electrons. The Balaban J connectivity index is 0.00000133. The normalized spacial score (nSPS) is 31.1. The summed E-state index contributed by atoms with van der Waals surface area (Å²) in [5.74, 6) is 0.713. The molecule has 1 aliphatic heterocycles. The Morgan fingerprint density at radius 2 is 2.42 bits per heavy atom. The van der Waals surface area contributed by atoms with Crippen LogP contribution in [0.4, 0.5) is 0 Å². The average Bonchev–Trinajstić information content (AvgIpc) is 3.09. The number of hydrogen-bond donors (Lipinski definition) is 2. The molecule has 2 fully saturated rings. The molecule has 1 saturated carbocycles. The largest absolute Gasteiger partial charge is 0.379 e. The van der Waals surface area contributed by atoms with Gasteiger partial charge < -0.3 is 15.4 Å². The van der Waals surface area contributed by atoms with E-state index in [0.29, 0.717) is 18.0 Å². The molecular weight excluding hydrogens is 282 g/mol. The van der Waals surface area contributed by atoms with Crippen molar-refractivity contribution >= 4 is 23.7 Å². The molecule has 1 aromatic heterocycles. The van der Waals surface area contributed by atoms with Crippen LogP contribution >= 0.6 is 23.7 Å². The van der Waals surface area contributed by atoms with Crippen molar-refractivity contribution in [1.82, 2.24) is 15.6 Å². The maximum atomic E-state index is 5.59. The van der Waals surface area contributed by atoms with Gasteiger partial charge in [-0.1, -0.05) is 6.42 Å². The maximum Gasteiger partial charge on any atom is 0.106 e. The van der Waals surface area contributed by atoms with Gasteiger partial charge in [0, 0.05) is 36.8 Å². The van der Waals surface area contributed by atoms with Crippen LogP contribution in [0.3, 0.4) is 0 Å². The summed E-state index contributed by atoms with van der Waals surface area (Å²) in [7, 11) is 0. The summed E-state index contributed by atoms with van der Waals surface area (Å²) in [4.78, 5) is 4.33. The highest BCUT2D eigenvalue weighted by molar-refractivity contribution is 7.09. The minimum absolute atomic E-state index is 0. The number of halogens is 1. The van der Waals surface area contributed by atoms with Crippen LogP contribution in [0.1, 0.15) is 24.3 Å². The van der Waals surface area contributed by atoms with E-state index in [9.17, 15) is 0 Å². The number of nitrogens with one attached hydrogen (secondary N) is 2. The van der Waals surface area contributed by atoms with Crippen molar-refractivity contribution in [3.05, 3.63) is 16.6 Å². The molecule has 1 saturated heterocycles. The Morgan fingerprint density at radius 1 is 1.47 bits per heavy atom. The first kappa shape index (κ1) is 15.2. The lowest BCUT2D eigenvalue weighted by molar-refractivity contribution is 0.0524. The maximum absolute atomic E-state index is 5.59. The molecule has 3 atom stereocenters. The zero-order chi connectivity index (χ0) is 12.2. The van der Waals surface area contributed by atoms with E-state index in [1.165, 1.54) is 24.3 Å². The number of aromatic nitrogens is 1. The Morgan fingerprint density at radius 3 is 3.16 bits per heavy atom. The van der Waals surface area contributed by atoms with Crippen LogP contribution in [0.2, 0.25) is 0 Å². The predicted molar refractivity (Wildman–Crippen MR) is 79.9 cm³/mol. The van der Waals surface area contributed by atoms with Crippen molar-refractivity contribution < 1.29 is 4.74 Å². The third kappa shape index (κ3) is 3.89. The highest BCUT2D eigenvalue weighted by atomic mass is 35.5. The van der Waals surface area contributed by atoms with Gasteiger partial charge in [0.15, 0.2) is 0 Å². The molecule has 2 heterocycles. The smallest absolute Gasteiger partial charge is 0.106 e. The van der Waals surface area contributed by atoms with Gasteiger partial charge in [0.2, 0.25) is 0 Å². The van der Waals surface area contributed by atoms with E-state index in [1.54, 1.807) is 11.3 Å². The molecule has 0 amide bonds. The SMILES string of the molecule is Cl.c1csc(CNC2CCCC2C2COCCN2)n1. The summed E-state index contributed by atoms with van der Waals surface area (Å²) in [5, 5.41) is 10.5. The van der Waals surface area contributed by atoms with Crippen molar-refractivity contribution in [2.24, 2.45) is 5.92 Å². The molecule has 2 aliphatic rings. The lowest BCUT2D eigenvalue weighted by Crippen LogP contribution is -2.50. The Kier molecular flexibility index (Phi) is 6.04. The van der Waals surface area contributed by atoms with Gasteiger partial charge in [-0.15, -0.1) is 23.7 Å². The van der Waals surface area contributed by atoms with Crippen LogP contribution in [-0.4, -0.2) is 36.8 Å². The molecule has 19 heavy (non-hydrogen) atoms. The lowest BCUT2D eigenvalue weighted by atomic mass is 9.94. The highest BCUT2D eigenvalue weighted by Crippen LogP contribution is 2.29. The van der Waals surface area contributed by atoms with Crippen LogP contribution < -0.4 is 10.6 Å². The predicted octanol–water partition coefficient (Wildman–Crippen LogP) is 1.81. The Hall–Kier alpha value is -0.200. The number of ether oxygens (including phenoxy) is 1. The summed E-state index contributed by atoms with van der Waals surface area (Å²) in [5.41, 5.74) is 0. The number of hydrogen-bond acceptors (Lipinski definition) is 5. The molecule has 0 radical (unpaired) electrons. The molecular formula is C13H22ClN3OS. The molecule has 0 bridgehead atoms. The van der Waals surface area contributed by atoms with Gasteiger partial charge in [0.05, 0.1) is 13.2 Å². The van der Waals surface area contributed by atoms with E-state index in [4.69, 9.17) is 4.74 Å². The number of nitrogens with zero attached hydrogens (tertiary/aromatic N) is 1. The summed E-state index contributed by atoms with van der Waals surface area (Å²) in [6.45, 7) is 3.65. The standard InChI is InChI=1S/C13H21N3OS.ClH/c1-2-10(12-9-17-6-4-14-12)11(3-1)16-8-13-15-5-7-18-13;/h5,7,10-12,14,16H,1-4,6,8-9H2;1H. The molecule has 1 aromatic rings. The van der Waals surface area contributed by atoms with Gasteiger partial charge in [0.1, 0.15) is 5.01 Å². The number of thiazole rings is 1. The Labute approximate surface area is 124 Å². The fourth-order valence-electron chi connectivity index (χ4n) is 3.14. The first-order chi connectivity index (χ1) is 8.93. The van der Waals surface area contributed by atoms with Crippen molar-refractivity contribution in [3.63, 3.8) is 0 Å². The first-order valence-corrected chi connectivity index (χ1v) is 7.74. The molecule has 3 unspecified atom stereocenters. The summed E-state index contributed by atoms with van der Waals surface area (Å²) < 4.78 is 5.59. The minimum Gasteiger partial charge on any atom is -0.379 e. The van der Waals surface area contributed by atoms with Gasteiger partial charge in [-0.2, -0.15) is 0 Å². The first-order valence-electron chi connectivity index (χ1n) is 6.86. The Bertz CT molecular complexity index is 357. The monoisotopic (exact) mass is 303 g/mol. The second kappa shape index (κ2) is 7.55. The van der Waals surface area contributed by atoms with Crippen LogP contribution in [0, 0.1) is 5.92 Å². The molecule has 6 heteroatoms. The van der Waals surface area contributed by atoms with Crippen LogP contribution in [-0.2, 0) is 11.3 Å². The van der Waals surface area contributed by atoms with E-state index < -0.39 is 0 Å². The fourth-order valence-corrected chi connectivity index (χ4v) is 3.71. The number of morpholine rings is 1. The zero-order valence-corrected chi connectivity index (χ0v) is 12.6. The van der Waals surface area contributed by atoms with Crippen molar-refractivity contribution in [3.8, 4) is 0 Å². The third-order valence-corrected chi connectivity index (χ3v) is 4.82. The van der Waals surface area contributed by atoms with E-state index in [1.807, 2.05) is 11.6 Å².